The van der Waals surface area contributed by atoms with Crippen LogP contribution >= 0.6 is 31.9 Å². The van der Waals surface area contributed by atoms with Crippen molar-refractivity contribution in [3.05, 3.63) is 27.1 Å². The molecule has 19 heavy (non-hydrogen) atoms. The number of nitrogens with one attached hydrogen (secondary N) is 1. The first kappa shape index (κ1) is 14.5. The number of hydrogen-bond acceptors (Lipinski definition) is 3. The number of amides is 1. The van der Waals surface area contributed by atoms with E-state index in [9.17, 15) is 9.59 Å². The highest BCUT2D eigenvalue weighted by Crippen LogP contribution is 2.28. The summed E-state index contributed by atoms with van der Waals surface area (Å²) in [6, 6.07) is 5.41. The van der Waals surface area contributed by atoms with Crippen molar-refractivity contribution in [1.29, 1.82) is 0 Å². The standard InChI is InChI=1S/C13H13Br2NO3/c14-9-4-5-11(10(15)6-9)16-12(17)7-19-13(18)8-2-1-3-8/h4-6,8H,1-3,7H2,(H,16,17). The van der Waals surface area contributed by atoms with Crippen LogP contribution in [0.4, 0.5) is 5.69 Å². The van der Waals surface area contributed by atoms with Gasteiger partial charge in [0.2, 0.25) is 0 Å². The van der Waals surface area contributed by atoms with E-state index in [-0.39, 0.29) is 24.4 Å². The third-order valence-corrected chi connectivity index (χ3v) is 4.14. The molecule has 1 aliphatic rings. The minimum absolute atomic E-state index is 0.00721. The Morgan fingerprint density at radius 1 is 1.32 bits per heavy atom. The van der Waals surface area contributed by atoms with Crippen LogP contribution in [0.15, 0.2) is 27.1 Å². The molecule has 1 aliphatic carbocycles. The fourth-order valence-electron chi connectivity index (χ4n) is 1.68. The van der Waals surface area contributed by atoms with E-state index in [0.717, 1.165) is 28.2 Å². The van der Waals surface area contributed by atoms with Gasteiger partial charge in [-0.05, 0) is 47.0 Å². The molecule has 1 N–H and O–H groups in total. The topological polar surface area (TPSA) is 55.4 Å². The lowest BCUT2D eigenvalue weighted by Gasteiger charge is -2.22. The summed E-state index contributed by atoms with van der Waals surface area (Å²) in [6.07, 6.45) is 2.81. The third-order valence-electron chi connectivity index (χ3n) is 2.99. The Hall–Kier alpha value is -0.880. The molecule has 1 fully saturated rings. The van der Waals surface area contributed by atoms with Gasteiger partial charge in [-0.25, -0.2) is 0 Å². The number of halogens is 2. The Balaban J connectivity index is 1.81. The van der Waals surface area contributed by atoms with E-state index in [2.05, 4.69) is 37.2 Å². The van der Waals surface area contributed by atoms with Gasteiger partial charge >= 0.3 is 5.97 Å². The average Bonchev–Trinajstić information content (AvgIpc) is 2.28. The molecule has 0 heterocycles. The summed E-state index contributed by atoms with van der Waals surface area (Å²) in [5.74, 6) is -0.612. The zero-order valence-corrected chi connectivity index (χ0v) is 13.3. The van der Waals surface area contributed by atoms with Gasteiger partial charge < -0.3 is 10.1 Å². The fraction of sp³-hybridized carbons (Fsp3) is 0.385. The summed E-state index contributed by atoms with van der Waals surface area (Å²) in [5, 5.41) is 2.68. The van der Waals surface area contributed by atoms with E-state index in [4.69, 9.17) is 4.74 Å². The molecular weight excluding hydrogens is 378 g/mol. The van der Waals surface area contributed by atoms with Gasteiger partial charge in [-0.1, -0.05) is 22.4 Å². The van der Waals surface area contributed by atoms with E-state index in [0.29, 0.717) is 5.69 Å². The lowest BCUT2D eigenvalue weighted by atomic mass is 9.86. The lowest BCUT2D eigenvalue weighted by Crippen LogP contribution is -2.28. The van der Waals surface area contributed by atoms with Crippen LogP contribution < -0.4 is 5.32 Å². The van der Waals surface area contributed by atoms with Crippen molar-refractivity contribution in [2.45, 2.75) is 19.3 Å². The Bertz CT molecular complexity index is 501. The molecular formula is C13H13Br2NO3. The van der Waals surface area contributed by atoms with E-state index in [1.807, 2.05) is 12.1 Å². The molecule has 1 saturated carbocycles. The summed E-state index contributed by atoms with van der Waals surface area (Å²) in [4.78, 5) is 23.1. The van der Waals surface area contributed by atoms with Crippen molar-refractivity contribution >= 4 is 49.4 Å². The molecule has 1 aromatic carbocycles. The average molecular weight is 391 g/mol. The summed E-state index contributed by atoms with van der Waals surface area (Å²) < 4.78 is 6.64. The molecule has 0 aliphatic heterocycles. The minimum atomic E-state index is -0.337. The molecule has 6 heteroatoms. The zero-order chi connectivity index (χ0) is 13.8. The number of hydrogen-bond donors (Lipinski definition) is 1. The van der Waals surface area contributed by atoms with Crippen LogP contribution in [0.3, 0.4) is 0 Å². The van der Waals surface area contributed by atoms with Crippen molar-refractivity contribution in [3.63, 3.8) is 0 Å². The van der Waals surface area contributed by atoms with Gasteiger partial charge in [-0.2, -0.15) is 0 Å². The van der Waals surface area contributed by atoms with Crippen molar-refractivity contribution in [1.82, 2.24) is 0 Å². The van der Waals surface area contributed by atoms with Gasteiger partial charge in [0.1, 0.15) is 0 Å². The smallest absolute Gasteiger partial charge is 0.309 e. The predicted molar refractivity (Wildman–Crippen MR) is 78.8 cm³/mol. The van der Waals surface area contributed by atoms with Crippen LogP contribution in [-0.2, 0) is 14.3 Å². The zero-order valence-electron chi connectivity index (χ0n) is 10.1. The van der Waals surface area contributed by atoms with Crippen LogP contribution in [0.1, 0.15) is 19.3 Å². The predicted octanol–water partition coefficient (Wildman–Crippen LogP) is 3.49. The van der Waals surface area contributed by atoms with Crippen molar-refractivity contribution in [2.24, 2.45) is 5.92 Å². The molecule has 0 atom stereocenters. The first-order valence-electron chi connectivity index (χ1n) is 5.98. The maximum Gasteiger partial charge on any atom is 0.309 e. The van der Waals surface area contributed by atoms with E-state index >= 15 is 0 Å². The summed E-state index contributed by atoms with van der Waals surface area (Å²) >= 11 is 6.68. The third kappa shape index (κ3) is 4.04. The second-order valence-electron chi connectivity index (χ2n) is 4.41. The van der Waals surface area contributed by atoms with Crippen molar-refractivity contribution in [3.8, 4) is 0 Å². The highest BCUT2D eigenvalue weighted by molar-refractivity contribution is 9.11. The van der Waals surface area contributed by atoms with Gasteiger partial charge in [-0.3, -0.25) is 9.59 Å². The molecule has 0 radical (unpaired) electrons. The Morgan fingerprint density at radius 3 is 2.63 bits per heavy atom. The molecule has 1 aromatic rings. The summed E-state index contributed by atoms with van der Waals surface area (Å²) in [6.45, 7) is -0.238. The van der Waals surface area contributed by atoms with Gasteiger partial charge in [0, 0.05) is 8.95 Å². The maximum absolute atomic E-state index is 11.7. The fourth-order valence-corrected chi connectivity index (χ4v) is 2.82. The van der Waals surface area contributed by atoms with E-state index in [1.54, 1.807) is 6.07 Å². The first-order valence-corrected chi connectivity index (χ1v) is 7.56. The molecule has 0 spiro atoms. The van der Waals surface area contributed by atoms with Gasteiger partial charge in [0.05, 0.1) is 11.6 Å². The Morgan fingerprint density at radius 2 is 2.05 bits per heavy atom. The minimum Gasteiger partial charge on any atom is -0.455 e. The highest BCUT2D eigenvalue weighted by Gasteiger charge is 2.27. The Kier molecular flexibility index (Phi) is 4.99. The SMILES string of the molecule is O=C(COC(=O)C1CCC1)Nc1ccc(Br)cc1Br. The second-order valence-corrected chi connectivity index (χ2v) is 6.18. The normalized spacial score (nSPS) is 14.6. The second kappa shape index (κ2) is 6.52. The number of esters is 1. The molecule has 0 aromatic heterocycles. The number of anilines is 1. The summed E-state index contributed by atoms with van der Waals surface area (Å²) in [7, 11) is 0. The number of carbonyl (C=O) groups is 2. The van der Waals surface area contributed by atoms with Crippen molar-refractivity contribution in [2.75, 3.05) is 11.9 Å². The number of ether oxygens (including phenoxy) is 1. The van der Waals surface area contributed by atoms with E-state index < -0.39 is 0 Å². The number of rotatable bonds is 4. The Labute approximate surface area is 128 Å². The van der Waals surface area contributed by atoms with Gasteiger partial charge in [0.15, 0.2) is 6.61 Å². The van der Waals surface area contributed by atoms with Crippen LogP contribution in [0.2, 0.25) is 0 Å². The lowest BCUT2D eigenvalue weighted by molar-refractivity contribution is -0.154. The van der Waals surface area contributed by atoms with Crippen LogP contribution in [-0.4, -0.2) is 18.5 Å². The monoisotopic (exact) mass is 389 g/mol. The molecule has 0 bridgehead atoms. The first-order chi connectivity index (χ1) is 9.06. The van der Waals surface area contributed by atoms with E-state index in [1.165, 1.54) is 0 Å². The van der Waals surface area contributed by atoms with Gasteiger partial charge in [-0.15, -0.1) is 0 Å². The molecule has 1 amide bonds. The maximum atomic E-state index is 11.7. The number of benzene rings is 1. The largest absolute Gasteiger partial charge is 0.455 e. The molecule has 0 unspecified atom stereocenters. The molecule has 102 valence electrons. The van der Waals surface area contributed by atoms with Crippen LogP contribution in [0, 0.1) is 5.92 Å². The highest BCUT2D eigenvalue weighted by atomic mass is 79.9. The summed E-state index contributed by atoms with van der Waals surface area (Å²) in [5.41, 5.74) is 0.646. The van der Waals surface area contributed by atoms with Crippen LogP contribution in [0.25, 0.3) is 0 Å². The molecule has 2 rings (SSSR count). The van der Waals surface area contributed by atoms with Gasteiger partial charge in [0.25, 0.3) is 5.91 Å². The molecule has 0 saturated heterocycles. The van der Waals surface area contributed by atoms with Crippen LogP contribution in [0.5, 0.6) is 0 Å². The quantitative estimate of drug-likeness (QED) is 0.800. The molecule has 4 nitrogen and oxygen atoms in total. The van der Waals surface area contributed by atoms with Crippen molar-refractivity contribution < 1.29 is 14.3 Å². The number of carbonyl (C=O) groups excluding carboxylic acids is 2.